The molecule has 0 saturated carbocycles. The van der Waals surface area contributed by atoms with Gasteiger partial charge in [-0.25, -0.2) is 13.4 Å². The summed E-state index contributed by atoms with van der Waals surface area (Å²) in [6.45, 7) is 6.45. The van der Waals surface area contributed by atoms with Crippen LogP contribution >= 0.6 is 0 Å². The highest BCUT2D eigenvalue weighted by atomic mass is 32.2. The van der Waals surface area contributed by atoms with Gasteiger partial charge in [0.15, 0.2) is 5.44 Å². The molecular formula is C25H25NO4S. The van der Waals surface area contributed by atoms with Crippen LogP contribution in [0, 0.1) is 6.92 Å². The molecule has 1 aliphatic rings. The number of benzene rings is 3. The molecule has 0 fully saturated rings. The summed E-state index contributed by atoms with van der Waals surface area (Å²) in [6.07, 6.45) is 0. The van der Waals surface area contributed by atoms with Crippen LogP contribution in [0.5, 0.6) is 0 Å². The van der Waals surface area contributed by atoms with Crippen LogP contribution in [0.2, 0.25) is 0 Å². The summed E-state index contributed by atoms with van der Waals surface area (Å²) in [6, 6.07) is 21.2. The van der Waals surface area contributed by atoms with Gasteiger partial charge in [-0.05, 0) is 55.7 Å². The average Bonchev–Trinajstić information content (AvgIpc) is 3.13. The van der Waals surface area contributed by atoms with Crippen LogP contribution in [0.25, 0.3) is 11.1 Å². The molecule has 0 spiro atoms. The molecule has 1 heterocycles. The van der Waals surface area contributed by atoms with E-state index in [0.29, 0.717) is 18.1 Å². The van der Waals surface area contributed by atoms with E-state index in [0.717, 1.165) is 22.3 Å². The summed E-state index contributed by atoms with van der Waals surface area (Å²) >= 11 is 0. The van der Waals surface area contributed by atoms with Gasteiger partial charge in [-0.2, -0.15) is 0 Å². The zero-order chi connectivity index (χ0) is 22.2. The first-order valence-corrected chi connectivity index (χ1v) is 11.6. The van der Waals surface area contributed by atoms with Crippen LogP contribution in [0.3, 0.4) is 0 Å². The Labute approximate surface area is 183 Å². The first kappa shape index (κ1) is 21.3. The molecule has 0 bridgehead atoms. The van der Waals surface area contributed by atoms with E-state index in [1.165, 1.54) is 12.1 Å². The first-order chi connectivity index (χ1) is 14.7. The zero-order valence-corrected chi connectivity index (χ0v) is 18.6. The molecule has 1 aliphatic heterocycles. The number of sulfone groups is 1. The number of aliphatic hydroxyl groups is 1. The molecule has 4 rings (SSSR count). The standard InChI is InChI=1S/C25H25NO4S/c1-17-8-14-20(15-9-17)31(28,29)24(27)19-12-10-18(11-13-19)21-6-4-5-7-22(21)23-26-25(2,3)16-30-23/h4-15,24,27H,16H2,1-3H3. The number of hydrogen-bond acceptors (Lipinski definition) is 5. The van der Waals surface area contributed by atoms with Crippen molar-refractivity contribution < 1.29 is 18.3 Å². The summed E-state index contributed by atoms with van der Waals surface area (Å²) in [5.74, 6) is 0.603. The number of rotatable bonds is 5. The molecule has 1 atom stereocenters. The van der Waals surface area contributed by atoms with Crippen molar-refractivity contribution in [2.45, 2.75) is 36.6 Å². The van der Waals surface area contributed by atoms with E-state index in [9.17, 15) is 13.5 Å². The van der Waals surface area contributed by atoms with Crippen LogP contribution in [0.1, 0.15) is 36.0 Å². The summed E-state index contributed by atoms with van der Waals surface area (Å²) in [7, 11) is -3.90. The molecule has 31 heavy (non-hydrogen) atoms. The molecule has 0 amide bonds. The molecule has 0 aliphatic carbocycles. The summed E-state index contributed by atoms with van der Waals surface area (Å²) in [4.78, 5) is 4.77. The van der Waals surface area contributed by atoms with Gasteiger partial charge in [-0.3, -0.25) is 0 Å². The zero-order valence-electron chi connectivity index (χ0n) is 17.7. The molecule has 3 aromatic rings. The van der Waals surface area contributed by atoms with E-state index < -0.39 is 15.3 Å². The van der Waals surface area contributed by atoms with Crippen LogP contribution in [0.15, 0.2) is 82.7 Å². The van der Waals surface area contributed by atoms with Crippen molar-refractivity contribution in [3.05, 3.63) is 89.5 Å². The maximum atomic E-state index is 12.8. The minimum absolute atomic E-state index is 0.0963. The molecule has 1 unspecified atom stereocenters. The second-order valence-corrected chi connectivity index (χ2v) is 10.4. The lowest BCUT2D eigenvalue weighted by molar-refractivity contribution is 0.254. The molecule has 160 valence electrons. The van der Waals surface area contributed by atoms with Crippen LogP contribution < -0.4 is 0 Å². The molecule has 0 saturated heterocycles. The Morgan fingerprint density at radius 2 is 1.55 bits per heavy atom. The van der Waals surface area contributed by atoms with Crippen LogP contribution in [0.4, 0.5) is 0 Å². The highest BCUT2D eigenvalue weighted by molar-refractivity contribution is 7.91. The van der Waals surface area contributed by atoms with Gasteiger partial charge in [0.05, 0.1) is 10.4 Å². The summed E-state index contributed by atoms with van der Waals surface area (Å²) in [5.41, 5.74) is 2.07. The Morgan fingerprint density at radius 3 is 2.13 bits per heavy atom. The van der Waals surface area contributed by atoms with Gasteiger partial charge >= 0.3 is 0 Å². The number of hydrogen-bond donors (Lipinski definition) is 1. The van der Waals surface area contributed by atoms with Crippen LogP contribution in [-0.4, -0.2) is 31.6 Å². The van der Waals surface area contributed by atoms with Gasteiger partial charge in [0, 0.05) is 5.56 Å². The Bertz CT molecular complexity index is 1230. The molecule has 0 aromatic heterocycles. The van der Waals surface area contributed by atoms with Crippen molar-refractivity contribution in [1.29, 1.82) is 0 Å². The molecule has 3 aromatic carbocycles. The van der Waals surface area contributed by atoms with E-state index in [-0.39, 0.29) is 10.4 Å². The minimum Gasteiger partial charge on any atom is -0.475 e. The third-order valence-corrected chi connectivity index (χ3v) is 7.06. The highest BCUT2D eigenvalue weighted by Crippen LogP contribution is 2.31. The Kier molecular flexibility index (Phi) is 5.45. The lowest BCUT2D eigenvalue weighted by Gasteiger charge is -2.14. The fourth-order valence-corrected chi connectivity index (χ4v) is 4.80. The number of nitrogens with zero attached hydrogens (tertiary/aromatic N) is 1. The largest absolute Gasteiger partial charge is 0.475 e. The first-order valence-electron chi connectivity index (χ1n) is 10.1. The normalized spacial score (nSPS) is 16.5. The fourth-order valence-electron chi connectivity index (χ4n) is 3.51. The highest BCUT2D eigenvalue weighted by Gasteiger charge is 2.29. The SMILES string of the molecule is Cc1ccc(S(=O)(=O)C(O)c2ccc(-c3ccccc3C3=NC(C)(C)CO3)cc2)cc1. The summed E-state index contributed by atoms with van der Waals surface area (Å²) in [5, 5.41) is 10.6. The monoisotopic (exact) mass is 435 g/mol. The van der Waals surface area contributed by atoms with Crippen molar-refractivity contribution in [1.82, 2.24) is 0 Å². The minimum atomic E-state index is -3.90. The molecule has 1 N–H and O–H groups in total. The molecule has 0 radical (unpaired) electrons. The maximum absolute atomic E-state index is 12.8. The van der Waals surface area contributed by atoms with Gasteiger partial charge < -0.3 is 9.84 Å². The number of aliphatic imine (C=N–C) groups is 1. The number of ether oxygens (including phenoxy) is 1. The fraction of sp³-hybridized carbons (Fsp3) is 0.240. The van der Waals surface area contributed by atoms with E-state index in [4.69, 9.17) is 4.74 Å². The van der Waals surface area contributed by atoms with Crippen molar-refractivity contribution in [3.8, 4) is 11.1 Å². The smallest absolute Gasteiger partial charge is 0.217 e. The lowest BCUT2D eigenvalue weighted by Crippen LogP contribution is -2.17. The molecule has 5 nitrogen and oxygen atoms in total. The molecule has 6 heteroatoms. The Morgan fingerprint density at radius 1 is 0.935 bits per heavy atom. The van der Waals surface area contributed by atoms with Gasteiger partial charge in [0.1, 0.15) is 6.61 Å². The molecular weight excluding hydrogens is 410 g/mol. The Hall–Kier alpha value is -2.96. The van der Waals surface area contributed by atoms with Crippen LogP contribution in [-0.2, 0) is 14.6 Å². The van der Waals surface area contributed by atoms with Crippen molar-refractivity contribution >= 4 is 15.7 Å². The Balaban J connectivity index is 1.65. The van der Waals surface area contributed by atoms with Crippen molar-refractivity contribution in [3.63, 3.8) is 0 Å². The average molecular weight is 436 g/mol. The van der Waals surface area contributed by atoms with Gasteiger partial charge in [0.25, 0.3) is 0 Å². The third-order valence-electron chi connectivity index (χ3n) is 5.27. The van der Waals surface area contributed by atoms with Gasteiger partial charge in [-0.15, -0.1) is 0 Å². The van der Waals surface area contributed by atoms with Gasteiger partial charge in [-0.1, -0.05) is 60.2 Å². The second-order valence-electron chi connectivity index (χ2n) is 8.40. The third kappa shape index (κ3) is 4.27. The lowest BCUT2D eigenvalue weighted by atomic mass is 9.98. The summed E-state index contributed by atoms with van der Waals surface area (Å²) < 4.78 is 31.4. The second kappa shape index (κ2) is 7.94. The van der Waals surface area contributed by atoms with Gasteiger partial charge in [0.2, 0.25) is 15.7 Å². The van der Waals surface area contributed by atoms with E-state index in [2.05, 4.69) is 4.99 Å². The maximum Gasteiger partial charge on any atom is 0.217 e. The van der Waals surface area contributed by atoms with E-state index in [1.54, 1.807) is 24.3 Å². The predicted octanol–water partition coefficient (Wildman–Crippen LogP) is 4.68. The number of aryl methyl sites for hydroxylation is 1. The van der Waals surface area contributed by atoms with E-state index >= 15 is 0 Å². The quantitative estimate of drug-likeness (QED) is 0.631. The predicted molar refractivity (Wildman–Crippen MR) is 122 cm³/mol. The number of aliphatic hydroxyl groups excluding tert-OH is 1. The van der Waals surface area contributed by atoms with E-state index in [1.807, 2.05) is 57.2 Å². The topological polar surface area (TPSA) is 76.0 Å². The van der Waals surface area contributed by atoms with Crippen molar-refractivity contribution in [2.24, 2.45) is 4.99 Å². The van der Waals surface area contributed by atoms with Crippen molar-refractivity contribution in [2.75, 3.05) is 6.61 Å².